The molecule has 0 bridgehead atoms. The molecule has 0 saturated carbocycles. The van der Waals surface area contributed by atoms with E-state index in [1.165, 1.54) is 0 Å². The second-order valence-electron chi connectivity index (χ2n) is 5.31. The minimum atomic E-state index is -1.02. The third-order valence-corrected chi connectivity index (χ3v) is 3.23. The second kappa shape index (κ2) is 5.77. The molecular formula is C15H18ClN3O2. The van der Waals surface area contributed by atoms with Gasteiger partial charge in [-0.1, -0.05) is 11.6 Å². The summed E-state index contributed by atoms with van der Waals surface area (Å²) in [5.41, 5.74) is -0.185. The van der Waals surface area contributed by atoms with Crippen LogP contribution in [0.5, 0.6) is 5.75 Å². The van der Waals surface area contributed by atoms with E-state index in [0.717, 1.165) is 5.69 Å². The van der Waals surface area contributed by atoms with E-state index in [4.69, 9.17) is 16.3 Å². The molecule has 0 aliphatic heterocycles. The zero-order chi connectivity index (χ0) is 15.6. The van der Waals surface area contributed by atoms with Gasteiger partial charge in [-0.3, -0.25) is 9.48 Å². The average Bonchev–Trinajstić information content (AvgIpc) is 2.70. The van der Waals surface area contributed by atoms with Crippen molar-refractivity contribution in [2.75, 3.05) is 5.32 Å². The number of hydrogen-bond acceptors (Lipinski definition) is 3. The van der Waals surface area contributed by atoms with Crippen molar-refractivity contribution in [3.8, 4) is 5.75 Å². The number of halogens is 1. The standard InChI is InChI=1S/C15H18ClN3O2/c1-10-9-13(19(4)18-10)17-14(20)15(2,3)21-12-7-5-11(16)6-8-12/h5-9H,1-4H3,(H,17,20). The summed E-state index contributed by atoms with van der Waals surface area (Å²) >= 11 is 5.83. The fourth-order valence-electron chi connectivity index (χ4n) is 1.84. The number of nitrogens with zero attached hydrogens (tertiary/aromatic N) is 2. The van der Waals surface area contributed by atoms with Gasteiger partial charge in [-0.15, -0.1) is 0 Å². The van der Waals surface area contributed by atoms with Crippen LogP contribution in [0.2, 0.25) is 5.02 Å². The zero-order valence-electron chi connectivity index (χ0n) is 12.5. The molecule has 0 aliphatic carbocycles. The lowest BCUT2D eigenvalue weighted by molar-refractivity contribution is -0.128. The summed E-state index contributed by atoms with van der Waals surface area (Å²) in [5, 5.41) is 7.62. The molecule has 2 aromatic rings. The lowest BCUT2D eigenvalue weighted by Crippen LogP contribution is -2.42. The Morgan fingerprint density at radius 2 is 1.95 bits per heavy atom. The van der Waals surface area contributed by atoms with Crippen molar-refractivity contribution >= 4 is 23.3 Å². The van der Waals surface area contributed by atoms with E-state index in [1.807, 2.05) is 6.92 Å². The Bertz CT molecular complexity index is 647. The van der Waals surface area contributed by atoms with Crippen LogP contribution in [0.15, 0.2) is 30.3 Å². The molecule has 21 heavy (non-hydrogen) atoms. The molecule has 0 atom stereocenters. The monoisotopic (exact) mass is 307 g/mol. The van der Waals surface area contributed by atoms with Gasteiger partial charge < -0.3 is 10.1 Å². The number of benzene rings is 1. The molecule has 0 fully saturated rings. The molecule has 6 heteroatoms. The van der Waals surface area contributed by atoms with Gasteiger partial charge in [-0.05, 0) is 45.0 Å². The van der Waals surface area contributed by atoms with Gasteiger partial charge in [0.05, 0.1) is 5.69 Å². The first-order valence-corrected chi connectivity index (χ1v) is 6.92. The summed E-state index contributed by atoms with van der Waals surface area (Å²) in [7, 11) is 1.77. The minimum absolute atomic E-state index is 0.250. The SMILES string of the molecule is Cc1cc(NC(=O)C(C)(C)Oc2ccc(Cl)cc2)n(C)n1. The van der Waals surface area contributed by atoms with Gasteiger partial charge in [0, 0.05) is 18.1 Å². The maximum Gasteiger partial charge on any atom is 0.269 e. The van der Waals surface area contributed by atoms with Crippen LogP contribution in [0.1, 0.15) is 19.5 Å². The number of anilines is 1. The first kappa shape index (κ1) is 15.4. The van der Waals surface area contributed by atoms with Crippen molar-refractivity contribution in [3.05, 3.63) is 41.0 Å². The Hall–Kier alpha value is -2.01. The van der Waals surface area contributed by atoms with Crippen molar-refractivity contribution in [2.24, 2.45) is 7.05 Å². The molecule has 0 saturated heterocycles. The highest BCUT2D eigenvalue weighted by Gasteiger charge is 2.30. The van der Waals surface area contributed by atoms with Crippen LogP contribution in [0.25, 0.3) is 0 Å². The maximum absolute atomic E-state index is 12.4. The van der Waals surface area contributed by atoms with E-state index in [2.05, 4.69) is 10.4 Å². The van der Waals surface area contributed by atoms with Crippen LogP contribution in [-0.2, 0) is 11.8 Å². The van der Waals surface area contributed by atoms with Gasteiger partial charge in [-0.25, -0.2) is 0 Å². The van der Waals surface area contributed by atoms with Gasteiger partial charge in [0.15, 0.2) is 5.60 Å². The number of amides is 1. The Morgan fingerprint density at radius 3 is 2.48 bits per heavy atom. The van der Waals surface area contributed by atoms with Crippen LogP contribution < -0.4 is 10.1 Å². The highest BCUT2D eigenvalue weighted by atomic mass is 35.5. The van der Waals surface area contributed by atoms with Gasteiger partial charge in [0.1, 0.15) is 11.6 Å². The van der Waals surface area contributed by atoms with Crippen LogP contribution in [-0.4, -0.2) is 21.3 Å². The molecule has 112 valence electrons. The predicted octanol–water partition coefficient (Wildman–Crippen LogP) is 3.18. The predicted molar refractivity (Wildman–Crippen MR) is 82.7 cm³/mol. The van der Waals surface area contributed by atoms with Crippen molar-refractivity contribution < 1.29 is 9.53 Å². The van der Waals surface area contributed by atoms with E-state index in [9.17, 15) is 4.79 Å². The van der Waals surface area contributed by atoms with Gasteiger partial charge in [0.25, 0.3) is 5.91 Å². The lowest BCUT2D eigenvalue weighted by atomic mass is 10.1. The van der Waals surface area contributed by atoms with Gasteiger partial charge >= 0.3 is 0 Å². The van der Waals surface area contributed by atoms with Gasteiger partial charge in [-0.2, -0.15) is 5.10 Å². The van der Waals surface area contributed by atoms with E-state index < -0.39 is 5.60 Å². The fraction of sp³-hybridized carbons (Fsp3) is 0.333. The summed E-state index contributed by atoms with van der Waals surface area (Å²) in [6.07, 6.45) is 0. The third-order valence-electron chi connectivity index (χ3n) is 2.98. The molecule has 0 aliphatic rings. The van der Waals surface area contributed by atoms with Crippen molar-refractivity contribution in [1.82, 2.24) is 9.78 Å². The number of aromatic nitrogens is 2. The molecule has 1 aromatic carbocycles. The number of carbonyl (C=O) groups is 1. The van der Waals surface area contributed by atoms with E-state index in [1.54, 1.807) is 55.9 Å². The van der Waals surface area contributed by atoms with Crippen molar-refractivity contribution in [1.29, 1.82) is 0 Å². The van der Waals surface area contributed by atoms with E-state index in [0.29, 0.717) is 16.6 Å². The van der Waals surface area contributed by atoms with Gasteiger partial charge in [0.2, 0.25) is 0 Å². The summed E-state index contributed by atoms with van der Waals surface area (Å²) in [5.74, 6) is 0.964. The third kappa shape index (κ3) is 3.76. The molecule has 1 amide bonds. The number of aryl methyl sites for hydroxylation is 2. The summed E-state index contributed by atoms with van der Waals surface area (Å²) in [4.78, 5) is 12.4. The zero-order valence-corrected chi connectivity index (χ0v) is 13.2. The minimum Gasteiger partial charge on any atom is -0.478 e. The second-order valence-corrected chi connectivity index (χ2v) is 5.75. The highest BCUT2D eigenvalue weighted by Crippen LogP contribution is 2.22. The first-order chi connectivity index (χ1) is 9.78. The lowest BCUT2D eigenvalue weighted by Gasteiger charge is -2.25. The molecule has 0 radical (unpaired) electrons. The Balaban J connectivity index is 2.09. The van der Waals surface area contributed by atoms with Crippen LogP contribution in [0, 0.1) is 6.92 Å². The summed E-state index contributed by atoms with van der Waals surface area (Å²) in [6, 6.07) is 8.69. The molecule has 0 unspecified atom stereocenters. The smallest absolute Gasteiger partial charge is 0.269 e. The first-order valence-electron chi connectivity index (χ1n) is 6.54. The summed E-state index contributed by atoms with van der Waals surface area (Å²) in [6.45, 7) is 5.28. The Morgan fingerprint density at radius 1 is 1.33 bits per heavy atom. The summed E-state index contributed by atoms with van der Waals surface area (Å²) < 4.78 is 7.35. The molecule has 2 rings (SSSR count). The number of hydrogen-bond donors (Lipinski definition) is 1. The number of nitrogens with one attached hydrogen (secondary N) is 1. The van der Waals surface area contributed by atoms with Crippen molar-refractivity contribution in [2.45, 2.75) is 26.4 Å². The van der Waals surface area contributed by atoms with Crippen LogP contribution in [0.4, 0.5) is 5.82 Å². The molecule has 5 nitrogen and oxygen atoms in total. The molecule has 0 spiro atoms. The van der Waals surface area contributed by atoms with E-state index in [-0.39, 0.29) is 5.91 Å². The number of rotatable bonds is 4. The largest absolute Gasteiger partial charge is 0.478 e. The van der Waals surface area contributed by atoms with Crippen LogP contribution >= 0.6 is 11.6 Å². The maximum atomic E-state index is 12.4. The number of carbonyl (C=O) groups excluding carboxylic acids is 1. The topological polar surface area (TPSA) is 56.1 Å². The van der Waals surface area contributed by atoms with Crippen molar-refractivity contribution in [3.63, 3.8) is 0 Å². The molecule has 1 N–H and O–H groups in total. The molecule has 1 heterocycles. The number of ether oxygens (including phenoxy) is 1. The fourth-order valence-corrected chi connectivity index (χ4v) is 1.96. The molecular weight excluding hydrogens is 290 g/mol. The Labute approximate surface area is 128 Å². The normalized spacial score (nSPS) is 11.3. The van der Waals surface area contributed by atoms with E-state index >= 15 is 0 Å². The average molecular weight is 308 g/mol. The quantitative estimate of drug-likeness (QED) is 0.944. The highest BCUT2D eigenvalue weighted by molar-refractivity contribution is 6.30. The Kier molecular flexibility index (Phi) is 4.23. The molecule has 1 aromatic heterocycles. The van der Waals surface area contributed by atoms with Crippen LogP contribution in [0.3, 0.4) is 0 Å².